The van der Waals surface area contributed by atoms with E-state index < -0.39 is 0 Å². The fourth-order valence-corrected chi connectivity index (χ4v) is 3.09. The molecule has 4 nitrogen and oxygen atoms in total. The highest BCUT2D eigenvalue weighted by molar-refractivity contribution is 5.92. The van der Waals surface area contributed by atoms with E-state index in [1.807, 2.05) is 11.8 Å². The molecule has 3 rings (SSSR count). The molecule has 1 aromatic rings. The maximum atomic E-state index is 12.6. The lowest BCUT2D eigenvalue weighted by molar-refractivity contribution is -0.131. The van der Waals surface area contributed by atoms with Gasteiger partial charge in [-0.15, -0.1) is 0 Å². The minimum Gasteiger partial charge on any atom is -0.382 e. The molecule has 1 N–H and O–H groups in total. The highest BCUT2D eigenvalue weighted by atomic mass is 16.5. The first-order valence-corrected chi connectivity index (χ1v) is 7.89. The first-order chi connectivity index (χ1) is 10.2. The molecule has 2 aliphatic rings. The van der Waals surface area contributed by atoms with Crippen LogP contribution in [0.2, 0.25) is 0 Å². The van der Waals surface area contributed by atoms with Gasteiger partial charge < -0.3 is 9.64 Å². The first kappa shape index (κ1) is 14.5. The summed E-state index contributed by atoms with van der Waals surface area (Å²) in [7, 11) is 0. The molecular weight excluding hydrogens is 264 g/mol. The second kappa shape index (κ2) is 5.78. The zero-order chi connectivity index (χ0) is 14.9. The number of benzene rings is 1. The average Bonchev–Trinajstić information content (AvgIpc) is 3.20. The molecule has 114 valence electrons. The van der Waals surface area contributed by atoms with Crippen molar-refractivity contribution in [3.05, 3.63) is 35.4 Å². The summed E-state index contributed by atoms with van der Waals surface area (Å²) in [5, 5.41) is 3.56. The predicted molar refractivity (Wildman–Crippen MR) is 81.8 cm³/mol. The molecule has 21 heavy (non-hydrogen) atoms. The number of hydrogen-bond donors (Lipinski definition) is 1. The van der Waals surface area contributed by atoms with E-state index in [4.69, 9.17) is 4.74 Å². The van der Waals surface area contributed by atoms with Gasteiger partial charge in [0.1, 0.15) is 11.7 Å². The summed E-state index contributed by atoms with van der Waals surface area (Å²) in [4.78, 5) is 14.6. The summed E-state index contributed by atoms with van der Waals surface area (Å²) >= 11 is 0. The van der Waals surface area contributed by atoms with Crippen molar-refractivity contribution in [3.63, 3.8) is 0 Å². The number of aryl methyl sites for hydroxylation is 1. The maximum Gasteiger partial charge on any atom is 0.244 e. The third-order valence-electron chi connectivity index (χ3n) is 4.39. The van der Waals surface area contributed by atoms with Gasteiger partial charge >= 0.3 is 0 Å². The van der Waals surface area contributed by atoms with Crippen molar-refractivity contribution >= 4 is 5.91 Å². The highest BCUT2D eigenvalue weighted by Gasteiger charge is 2.59. The quantitative estimate of drug-likeness (QED) is 0.817. The molecule has 1 atom stereocenters. The Morgan fingerprint density at radius 3 is 2.90 bits per heavy atom. The lowest BCUT2D eigenvalue weighted by Gasteiger charge is -2.24. The average molecular weight is 288 g/mol. The van der Waals surface area contributed by atoms with E-state index in [0.717, 1.165) is 32.4 Å². The van der Waals surface area contributed by atoms with Crippen molar-refractivity contribution in [1.29, 1.82) is 0 Å². The fraction of sp³-hybridized carbons (Fsp3) is 0.588. The van der Waals surface area contributed by atoms with Gasteiger partial charge in [-0.3, -0.25) is 10.1 Å². The van der Waals surface area contributed by atoms with E-state index in [2.05, 4.69) is 36.5 Å². The second-order valence-corrected chi connectivity index (χ2v) is 6.09. The molecule has 1 saturated carbocycles. The molecule has 1 saturated heterocycles. The Bertz CT molecular complexity index is 525. The summed E-state index contributed by atoms with van der Waals surface area (Å²) in [6.45, 7) is 6.29. The number of carbonyl (C=O) groups is 1. The Morgan fingerprint density at radius 1 is 1.43 bits per heavy atom. The second-order valence-electron chi connectivity index (χ2n) is 6.09. The molecule has 0 radical (unpaired) electrons. The number of hydrogen-bond acceptors (Lipinski definition) is 3. The Labute approximate surface area is 126 Å². The molecule has 0 aromatic heterocycles. The van der Waals surface area contributed by atoms with Crippen molar-refractivity contribution in [1.82, 2.24) is 10.2 Å². The fourth-order valence-electron chi connectivity index (χ4n) is 3.09. The van der Waals surface area contributed by atoms with E-state index in [1.165, 1.54) is 11.1 Å². The van der Waals surface area contributed by atoms with Crippen molar-refractivity contribution in [2.45, 2.75) is 44.8 Å². The predicted octanol–water partition coefficient (Wildman–Crippen LogP) is 2.38. The van der Waals surface area contributed by atoms with Crippen LogP contribution < -0.4 is 5.32 Å². The lowest BCUT2D eigenvalue weighted by Crippen LogP contribution is -2.33. The maximum absolute atomic E-state index is 12.6. The van der Waals surface area contributed by atoms with Crippen molar-refractivity contribution in [2.75, 3.05) is 19.8 Å². The number of amides is 1. The van der Waals surface area contributed by atoms with Crippen molar-refractivity contribution in [2.24, 2.45) is 0 Å². The molecule has 1 aliphatic carbocycles. The molecular formula is C17H24N2O2. The first-order valence-electron chi connectivity index (χ1n) is 7.89. The lowest BCUT2D eigenvalue weighted by atomic mass is 10.1. The third-order valence-corrected chi connectivity index (χ3v) is 4.39. The summed E-state index contributed by atoms with van der Waals surface area (Å²) in [5.74, 6) is 0.269. The smallest absolute Gasteiger partial charge is 0.244 e. The largest absolute Gasteiger partial charge is 0.382 e. The van der Waals surface area contributed by atoms with E-state index >= 15 is 0 Å². The van der Waals surface area contributed by atoms with Gasteiger partial charge in [0.15, 0.2) is 0 Å². The van der Waals surface area contributed by atoms with Crippen LogP contribution in [0.3, 0.4) is 0 Å². The minimum absolute atomic E-state index is 0.0153. The molecule has 1 spiro atoms. The van der Waals surface area contributed by atoms with E-state index in [-0.39, 0.29) is 17.6 Å². The minimum atomic E-state index is -0.264. The standard InChI is InChI=1S/C17H24N2O2/c1-3-21-11-5-10-19-15(14-7-4-6-13(2)12-14)18-17(8-9-17)16(19)20/h4,6-7,12,15,18H,3,5,8-11H2,1-2H3. The third kappa shape index (κ3) is 2.83. The van der Waals surface area contributed by atoms with Crippen LogP contribution in [0, 0.1) is 6.92 Å². The SMILES string of the molecule is CCOCCCN1C(=O)C2(CC2)NC1c1cccc(C)c1. The topological polar surface area (TPSA) is 41.6 Å². The number of nitrogens with zero attached hydrogens (tertiary/aromatic N) is 1. The van der Waals surface area contributed by atoms with E-state index in [0.29, 0.717) is 6.61 Å². The highest BCUT2D eigenvalue weighted by Crippen LogP contribution is 2.45. The van der Waals surface area contributed by atoms with Crippen LogP contribution in [-0.2, 0) is 9.53 Å². The normalized spacial score (nSPS) is 23.0. The van der Waals surface area contributed by atoms with Crippen LogP contribution in [0.5, 0.6) is 0 Å². The van der Waals surface area contributed by atoms with Gasteiger partial charge in [0, 0.05) is 19.8 Å². The Balaban J connectivity index is 1.75. The molecule has 0 bridgehead atoms. The van der Waals surface area contributed by atoms with E-state index in [9.17, 15) is 4.79 Å². The summed E-state index contributed by atoms with van der Waals surface area (Å²) < 4.78 is 5.40. The number of carbonyl (C=O) groups excluding carboxylic acids is 1. The molecule has 1 aromatic carbocycles. The zero-order valence-electron chi connectivity index (χ0n) is 12.9. The summed E-state index contributed by atoms with van der Waals surface area (Å²) in [6, 6.07) is 8.43. The zero-order valence-corrected chi connectivity index (χ0v) is 12.9. The van der Waals surface area contributed by atoms with Gasteiger partial charge in [-0.1, -0.05) is 29.8 Å². The van der Waals surface area contributed by atoms with Crippen LogP contribution >= 0.6 is 0 Å². The Morgan fingerprint density at radius 2 is 2.24 bits per heavy atom. The van der Waals surface area contributed by atoms with Gasteiger partial charge in [-0.2, -0.15) is 0 Å². The molecule has 4 heteroatoms. The molecule has 1 heterocycles. The van der Waals surface area contributed by atoms with Crippen LogP contribution in [0.15, 0.2) is 24.3 Å². The summed E-state index contributed by atoms with van der Waals surface area (Å²) in [5.41, 5.74) is 2.15. The van der Waals surface area contributed by atoms with Crippen LogP contribution in [0.4, 0.5) is 0 Å². The van der Waals surface area contributed by atoms with E-state index in [1.54, 1.807) is 0 Å². The van der Waals surface area contributed by atoms with Crippen molar-refractivity contribution in [3.8, 4) is 0 Å². The number of nitrogens with one attached hydrogen (secondary N) is 1. The van der Waals surface area contributed by atoms with Crippen LogP contribution in [-0.4, -0.2) is 36.1 Å². The monoisotopic (exact) mass is 288 g/mol. The number of ether oxygens (including phenoxy) is 1. The van der Waals surface area contributed by atoms with Crippen LogP contribution in [0.25, 0.3) is 0 Å². The van der Waals surface area contributed by atoms with Gasteiger partial charge in [0.25, 0.3) is 0 Å². The Kier molecular flexibility index (Phi) is 4.00. The van der Waals surface area contributed by atoms with Gasteiger partial charge in [0.2, 0.25) is 5.91 Å². The Hall–Kier alpha value is -1.39. The number of rotatable bonds is 6. The van der Waals surface area contributed by atoms with Crippen molar-refractivity contribution < 1.29 is 9.53 Å². The van der Waals surface area contributed by atoms with Gasteiger partial charge in [-0.05, 0) is 38.7 Å². The molecule has 1 aliphatic heterocycles. The molecule has 2 fully saturated rings. The molecule has 1 unspecified atom stereocenters. The van der Waals surface area contributed by atoms with Gasteiger partial charge in [-0.25, -0.2) is 0 Å². The van der Waals surface area contributed by atoms with Gasteiger partial charge in [0.05, 0.1) is 0 Å². The summed E-state index contributed by atoms with van der Waals surface area (Å²) in [6.07, 6.45) is 2.84. The van der Waals surface area contributed by atoms with Crippen LogP contribution in [0.1, 0.15) is 43.5 Å². The molecule has 1 amide bonds.